The van der Waals surface area contributed by atoms with Gasteiger partial charge in [-0.15, -0.1) is 0 Å². The van der Waals surface area contributed by atoms with Gasteiger partial charge in [-0.05, 0) is 50.5 Å². The highest BCUT2D eigenvalue weighted by molar-refractivity contribution is 5.27. The van der Waals surface area contributed by atoms with E-state index in [4.69, 9.17) is 9.97 Å². The van der Waals surface area contributed by atoms with Crippen molar-refractivity contribution >= 4 is 0 Å². The third-order valence-corrected chi connectivity index (χ3v) is 13.9. The van der Waals surface area contributed by atoms with E-state index in [1.807, 2.05) is 0 Å². The van der Waals surface area contributed by atoms with Crippen molar-refractivity contribution in [2.45, 2.75) is 348 Å². The SMILES string of the molecule is [CH2]CCCc1nc(CCCCCCCCCCCCCCCCC)c(CCCCCCCCCCCCCCCCC)c(CCCCCCCCCCCCCCCCC)n1. The van der Waals surface area contributed by atoms with Gasteiger partial charge in [-0.25, -0.2) is 9.97 Å². The molecule has 359 valence electrons. The van der Waals surface area contributed by atoms with E-state index in [2.05, 4.69) is 27.7 Å². The molecule has 0 N–H and O–H groups in total. The van der Waals surface area contributed by atoms with Gasteiger partial charge in [0.2, 0.25) is 0 Å². The van der Waals surface area contributed by atoms with Crippen LogP contribution in [0.25, 0.3) is 0 Å². The predicted molar refractivity (Wildman–Crippen MR) is 276 cm³/mol. The number of aromatic nitrogens is 2. The zero-order valence-electron chi connectivity index (χ0n) is 42.7. The third kappa shape index (κ3) is 39.2. The third-order valence-electron chi connectivity index (χ3n) is 13.9. The molecular formula is C59H113N2. The van der Waals surface area contributed by atoms with Crippen molar-refractivity contribution < 1.29 is 0 Å². The Morgan fingerprint density at radius 3 is 0.689 bits per heavy atom. The molecule has 1 rings (SSSR count). The molecule has 1 aromatic rings. The van der Waals surface area contributed by atoms with Crippen LogP contribution in [0.4, 0.5) is 0 Å². The first-order chi connectivity index (χ1) is 30.3. The highest BCUT2D eigenvalue weighted by Crippen LogP contribution is 2.23. The normalized spacial score (nSPS) is 11.7. The van der Waals surface area contributed by atoms with Crippen LogP contribution in [0.2, 0.25) is 0 Å². The number of nitrogens with zero attached hydrogens (tertiary/aromatic N) is 2. The van der Waals surface area contributed by atoms with Crippen molar-refractivity contribution in [1.29, 1.82) is 0 Å². The zero-order valence-corrected chi connectivity index (χ0v) is 42.7. The molecule has 1 heterocycles. The molecule has 0 spiro atoms. The molecule has 1 aromatic heterocycles. The van der Waals surface area contributed by atoms with E-state index in [1.54, 1.807) is 5.56 Å². The van der Waals surface area contributed by atoms with Gasteiger partial charge >= 0.3 is 0 Å². The lowest BCUT2D eigenvalue weighted by atomic mass is 9.96. The zero-order chi connectivity index (χ0) is 43.8. The second-order valence-electron chi connectivity index (χ2n) is 20.1. The van der Waals surface area contributed by atoms with Crippen molar-refractivity contribution in [2.24, 2.45) is 0 Å². The highest BCUT2D eigenvalue weighted by atomic mass is 14.9. The summed E-state index contributed by atoms with van der Waals surface area (Å²) in [7, 11) is 0. The monoisotopic (exact) mass is 850 g/mol. The van der Waals surface area contributed by atoms with Crippen LogP contribution in [0.15, 0.2) is 0 Å². The lowest BCUT2D eigenvalue weighted by molar-refractivity contribution is 0.528. The molecule has 0 aliphatic carbocycles. The minimum atomic E-state index is 0.979. The Balaban J connectivity index is 2.54. The van der Waals surface area contributed by atoms with Gasteiger partial charge in [-0.2, -0.15) is 0 Å². The Hall–Kier alpha value is -0.920. The number of aryl methyl sites for hydroxylation is 3. The number of unbranched alkanes of at least 4 members (excludes halogenated alkanes) is 43. The Labute approximate surface area is 386 Å². The summed E-state index contributed by atoms with van der Waals surface area (Å²) in [6, 6.07) is 0. The van der Waals surface area contributed by atoms with Gasteiger partial charge in [0.05, 0.1) is 0 Å². The molecule has 0 bridgehead atoms. The van der Waals surface area contributed by atoms with Gasteiger partial charge in [0.15, 0.2) is 0 Å². The average molecular weight is 851 g/mol. The molecule has 0 aromatic carbocycles. The Bertz CT molecular complexity index is 930. The fourth-order valence-electron chi connectivity index (χ4n) is 9.74. The Morgan fingerprint density at radius 1 is 0.246 bits per heavy atom. The maximum atomic E-state index is 5.35. The number of hydrogen-bond donors (Lipinski definition) is 0. The van der Waals surface area contributed by atoms with Crippen LogP contribution in [-0.2, 0) is 25.7 Å². The molecule has 0 saturated heterocycles. The first kappa shape index (κ1) is 58.1. The minimum Gasteiger partial charge on any atom is -0.238 e. The van der Waals surface area contributed by atoms with Crippen molar-refractivity contribution in [2.75, 3.05) is 0 Å². The predicted octanol–water partition coefficient (Wildman–Crippen LogP) is 20.9. The number of rotatable bonds is 51. The molecule has 2 heteroatoms. The summed E-state index contributed by atoms with van der Waals surface area (Å²) < 4.78 is 0. The summed E-state index contributed by atoms with van der Waals surface area (Å²) in [4.78, 5) is 10.7. The van der Waals surface area contributed by atoms with Crippen molar-refractivity contribution in [1.82, 2.24) is 9.97 Å². The molecule has 0 aliphatic rings. The maximum Gasteiger partial charge on any atom is 0.128 e. The maximum absolute atomic E-state index is 5.35. The molecule has 0 aliphatic heterocycles. The lowest BCUT2D eigenvalue weighted by Crippen LogP contribution is -2.11. The summed E-state index contributed by atoms with van der Waals surface area (Å²) in [5.41, 5.74) is 4.44. The second kappa shape index (κ2) is 48.5. The largest absolute Gasteiger partial charge is 0.238 e. The summed E-state index contributed by atoms with van der Waals surface area (Å²) in [5.74, 6) is 1.12. The van der Waals surface area contributed by atoms with E-state index in [0.717, 1.165) is 37.9 Å². The van der Waals surface area contributed by atoms with Gasteiger partial charge in [0, 0.05) is 17.8 Å². The van der Waals surface area contributed by atoms with Crippen LogP contribution in [0.5, 0.6) is 0 Å². The summed E-state index contributed by atoms with van der Waals surface area (Å²) in [6.45, 7) is 11.1. The van der Waals surface area contributed by atoms with Crippen molar-refractivity contribution in [3.63, 3.8) is 0 Å². The number of hydrogen-bond acceptors (Lipinski definition) is 2. The molecular weight excluding hydrogens is 737 g/mol. The molecule has 2 nitrogen and oxygen atoms in total. The Morgan fingerprint density at radius 2 is 0.459 bits per heavy atom. The van der Waals surface area contributed by atoms with Crippen LogP contribution in [-0.4, -0.2) is 9.97 Å². The van der Waals surface area contributed by atoms with Crippen LogP contribution in [0.1, 0.15) is 345 Å². The lowest BCUT2D eigenvalue weighted by Gasteiger charge is -2.16. The average Bonchev–Trinajstić information content (AvgIpc) is 3.27. The van der Waals surface area contributed by atoms with Gasteiger partial charge in [0.25, 0.3) is 0 Å². The van der Waals surface area contributed by atoms with E-state index in [0.29, 0.717) is 0 Å². The minimum absolute atomic E-state index is 0.979. The Kier molecular flexibility index (Phi) is 46.2. The standard InChI is InChI=1S/C59H113N2/c1-5-9-13-16-19-22-25-28-31-34-37-40-43-46-49-52-56-57(53-50-47-44-41-38-35-32-29-26-23-20-17-14-10-6-2)60-59(55-12-8-4)61-58(56)54-51-48-45-42-39-36-33-30-27-24-21-18-15-11-7-3/h4-55H2,1-3H3. The fourth-order valence-corrected chi connectivity index (χ4v) is 9.74. The van der Waals surface area contributed by atoms with E-state index in [9.17, 15) is 0 Å². The second-order valence-corrected chi connectivity index (χ2v) is 20.1. The first-order valence-electron chi connectivity index (χ1n) is 28.9. The van der Waals surface area contributed by atoms with Gasteiger partial charge < -0.3 is 0 Å². The molecule has 0 unspecified atom stereocenters. The van der Waals surface area contributed by atoms with E-state index in [1.165, 1.54) is 307 Å². The van der Waals surface area contributed by atoms with E-state index >= 15 is 0 Å². The van der Waals surface area contributed by atoms with Crippen LogP contribution in [0, 0.1) is 6.92 Å². The molecule has 0 saturated carbocycles. The van der Waals surface area contributed by atoms with Crippen molar-refractivity contribution in [3.8, 4) is 0 Å². The summed E-state index contributed by atoms with van der Waals surface area (Å²) in [5, 5.41) is 0. The topological polar surface area (TPSA) is 25.8 Å². The van der Waals surface area contributed by atoms with Gasteiger partial charge in [-0.3, -0.25) is 0 Å². The summed E-state index contributed by atoms with van der Waals surface area (Å²) >= 11 is 0. The van der Waals surface area contributed by atoms with Gasteiger partial charge in [0.1, 0.15) is 5.82 Å². The molecule has 1 radical (unpaired) electrons. The van der Waals surface area contributed by atoms with Crippen LogP contribution >= 0.6 is 0 Å². The summed E-state index contributed by atoms with van der Waals surface area (Å²) in [6.07, 6.45) is 70.8. The first-order valence-corrected chi connectivity index (χ1v) is 28.9. The van der Waals surface area contributed by atoms with E-state index in [-0.39, 0.29) is 0 Å². The van der Waals surface area contributed by atoms with Crippen molar-refractivity contribution in [3.05, 3.63) is 29.7 Å². The van der Waals surface area contributed by atoms with E-state index < -0.39 is 0 Å². The quantitative estimate of drug-likeness (QED) is 0.0610. The molecule has 61 heavy (non-hydrogen) atoms. The van der Waals surface area contributed by atoms with Crippen LogP contribution in [0.3, 0.4) is 0 Å². The highest BCUT2D eigenvalue weighted by Gasteiger charge is 2.15. The van der Waals surface area contributed by atoms with Gasteiger partial charge in [-0.1, -0.05) is 304 Å². The molecule has 0 amide bonds. The van der Waals surface area contributed by atoms with Crippen LogP contribution < -0.4 is 0 Å². The fraction of sp³-hybridized carbons (Fsp3) is 0.915. The smallest absolute Gasteiger partial charge is 0.128 e. The molecule has 0 atom stereocenters. The molecule has 0 fully saturated rings.